The molecule has 0 saturated carbocycles. The Kier molecular flexibility index (Phi) is 10.2. The Morgan fingerprint density at radius 2 is 1.90 bits per heavy atom. The number of carbonyl (C=O) groups is 2. The molecule has 0 bridgehead atoms. The van der Waals surface area contributed by atoms with E-state index in [0.717, 1.165) is 12.0 Å². The Balaban J connectivity index is 2.74. The second kappa shape index (κ2) is 11.8. The van der Waals surface area contributed by atoms with Gasteiger partial charge in [0.2, 0.25) is 5.91 Å². The molecular weight excluding hydrogens is 402 g/mol. The fraction of sp³-hybridized carbons (Fsp3) is 0.478. The summed E-state index contributed by atoms with van der Waals surface area (Å²) in [4.78, 5) is 22.9. The van der Waals surface area contributed by atoms with Gasteiger partial charge in [0.05, 0.1) is 5.75 Å². The zero-order valence-electron chi connectivity index (χ0n) is 18.4. The summed E-state index contributed by atoms with van der Waals surface area (Å²) >= 11 is -2.31. The lowest BCUT2D eigenvalue weighted by atomic mass is 9.72. The minimum absolute atomic E-state index is 0.193. The topological polar surface area (TPSA) is 104 Å². The second-order valence-electron chi connectivity index (χ2n) is 8.31. The number of amides is 1. The lowest BCUT2D eigenvalue weighted by Gasteiger charge is -2.32. The van der Waals surface area contributed by atoms with Crippen molar-refractivity contribution in [1.29, 1.82) is 0 Å². The van der Waals surface area contributed by atoms with Crippen LogP contribution in [0.25, 0.3) is 0 Å². The molecule has 166 valence electrons. The highest BCUT2D eigenvalue weighted by atomic mass is 32.2. The third-order valence-corrected chi connectivity index (χ3v) is 5.67. The summed E-state index contributed by atoms with van der Waals surface area (Å²) in [6, 6.07) is -1.41. The average molecular weight is 436 g/mol. The Morgan fingerprint density at radius 1 is 1.23 bits per heavy atom. The first-order valence-corrected chi connectivity index (χ1v) is 11.2. The molecule has 6 nitrogen and oxygen atoms in total. The number of aliphatic carboxylic acids is 1. The van der Waals surface area contributed by atoms with Crippen molar-refractivity contribution < 1.29 is 23.5 Å². The van der Waals surface area contributed by atoms with Crippen LogP contribution in [0.1, 0.15) is 53.9 Å². The molecule has 0 aromatic rings. The fourth-order valence-corrected chi connectivity index (χ4v) is 3.93. The lowest BCUT2D eigenvalue weighted by Crippen LogP contribution is -2.43. The van der Waals surface area contributed by atoms with Crippen molar-refractivity contribution in [2.45, 2.75) is 59.9 Å². The average Bonchev–Trinajstić information content (AvgIpc) is 2.59. The van der Waals surface area contributed by atoms with Crippen LogP contribution in [-0.2, 0) is 20.7 Å². The van der Waals surface area contributed by atoms with Crippen LogP contribution in [0.5, 0.6) is 0 Å². The van der Waals surface area contributed by atoms with Gasteiger partial charge in [-0.25, -0.2) is 9.00 Å². The van der Waals surface area contributed by atoms with Crippen molar-refractivity contribution in [2.24, 2.45) is 5.41 Å². The molecule has 1 rings (SSSR count). The molecule has 7 heteroatoms. The molecule has 0 saturated heterocycles. The van der Waals surface area contributed by atoms with Gasteiger partial charge in [0.25, 0.3) is 0 Å². The van der Waals surface area contributed by atoms with E-state index < -0.39 is 34.8 Å². The lowest BCUT2D eigenvalue weighted by molar-refractivity contribution is -0.140. The summed E-state index contributed by atoms with van der Waals surface area (Å²) < 4.78 is 19.6. The zero-order chi connectivity index (χ0) is 22.9. The fourth-order valence-electron chi connectivity index (χ4n) is 3.42. The monoisotopic (exact) mass is 435 g/mol. The van der Waals surface area contributed by atoms with Crippen molar-refractivity contribution in [1.82, 2.24) is 5.32 Å². The summed E-state index contributed by atoms with van der Waals surface area (Å²) in [7, 11) is 0. The quantitative estimate of drug-likeness (QED) is 0.284. The number of allylic oxidation sites excluding steroid dienone is 9. The van der Waals surface area contributed by atoms with E-state index in [-0.39, 0.29) is 5.41 Å². The van der Waals surface area contributed by atoms with E-state index in [1.54, 1.807) is 13.0 Å². The molecule has 0 aromatic carbocycles. The van der Waals surface area contributed by atoms with E-state index in [4.69, 9.17) is 9.66 Å². The van der Waals surface area contributed by atoms with Crippen LogP contribution in [0, 0.1) is 5.41 Å². The Labute approximate surface area is 181 Å². The van der Waals surface area contributed by atoms with Gasteiger partial charge < -0.3 is 15.0 Å². The molecule has 0 heterocycles. The second-order valence-corrected chi connectivity index (χ2v) is 9.29. The van der Waals surface area contributed by atoms with Crippen molar-refractivity contribution in [2.75, 3.05) is 5.75 Å². The highest BCUT2D eigenvalue weighted by Gasteiger charge is 2.26. The van der Waals surface area contributed by atoms with Gasteiger partial charge in [-0.3, -0.25) is 4.79 Å². The number of carboxylic acids is 1. The normalized spacial score (nSPS) is 19.9. The smallest absolute Gasteiger partial charge is 0.327 e. The molecule has 1 unspecified atom stereocenters. The molecule has 0 aliphatic heterocycles. The molecule has 3 N–H and O–H groups in total. The van der Waals surface area contributed by atoms with Crippen molar-refractivity contribution >= 4 is 23.0 Å². The molecule has 1 aliphatic rings. The number of rotatable bonds is 9. The Morgan fingerprint density at radius 3 is 2.47 bits per heavy atom. The molecule has 1 aliphatic carbocycles. The van der Waals surface area contributed by atoms with Crippen molar-refractivity contribution in [3.05, 3.63) is 58.7 Å². The zero-order valence-corrected chi connectivity index (χ0v) is 19.2. The summed E-state index contributed by atoms with van der Waals surface area (Å²) in [5.41, 5.74) is 4.73. The van der Waals surface area contributed by atoms with Crippen molar-refractivity contribution in [3.63, 3.8) is 0 Å². The third kappa shape index (κ3) is 9.05. The SMILES string of the molecule is CC1=C(/C=C/C(C)=C/C=C/C(C)=C/C(=O)N[C@@H](CS(=O)O)C(=O)O)C(C)(C)CCC1. The van der Waals surface area contributed by atoms with E-state index in [0.29, 0.717) is 5.57 Å². The van der Waals surface area contributed by atoms with Crippen LogP contribution in [0.3, 0.4) is 0 Å². The van der Waals surface area contributed by atoms with E-state index in [9.17, 15) is 13.8 Å². The van der Waals surface area contributed by atoms with Gasteiger partial charge in [0, 0.05) is 6.08 Å². The van der Waals surface area contributed by atoms with E-state index >= 15 is 0 Å². The maximum atomic E-state index is 11.9. The molecule has 30 heavy (non-hydrogen) atoms. The summed E-state index contributed by atoms with van der Waals surface area (Å²) in [6.07, 6.45) is 14.6. The van der Waals surface area contributed by atoms with E-state index in [1.165, 1.54) is 30.1 Å². The number of hydrogen-bond acceptors (Lipinski definition) is 3. The highest BCUT2D eigenvalue weighted by molar-refractivity contribution is 7.79. The van der Waals surface area contributed by atoms with Gasteiger partial charge in [-0.15, -0.1) is 0 Å². The molecule has 0 spiro atoms. The first-order valence-electron chi connectivity index (χ1n) is 9.94. The standard InChI is InChI=1S/C23H33NO5S/c1-16(11-12-19-18(3)10-7-13-23(19,4)5)8-6-9-17(2)14-21(25)24-20(22(26)27)15-30(28)29/h6,8-9,11-12,14,20H,7,10,13,15H2,1-5H3,(H,24,25)(H,26,27)(H,28,29)/b9-6+,12-11+,16-8+,17-14+/t20-/m0/s1. The molecule has 0 aromatic heterocycles. The van der Waals surface area contributed by atoms with Crippen LogP contribution < -0.4 is 5.32 Å². The predicted molar refractivity (Wildman–Crippen MR) is 121 cm³/mol. The number of carbonyl (C=O) groups excluding carboxylic acids is 1. The van der Waals surface area contributed by atoms with E-state index in [2.05, 4.69) is 38.2 Å². The molecule has 1 amide bonds. The number of hydrogen-bond donors (Lipinski definition) is 3. The van der Waals surface area contributed by atoms with Crippen LogP contribution in [0.2, 0.25) is 0 Å². The first-order chi connectivity index (χ1) is 13.9. The largest absolute Gasteiger partial charge is 0.480 e. The van der Waals surface area contributed by atoms with Gasteiger partial charge in [-0.1, -0.05) is 55.4 Å². The molecule has 0 fully saturated rings. The molecular formula is C23H33NO5S. The van der Waals surface area contributed by atoms with Gasteiger partial charge in [-0.05, 0) is 56.6 Å². The minimum Gasteiger partial charge on any atom is -0.480 e. The Hall–Kier alpha value is -2.25. The van der Waals surface area contributed by atoms with Gasteiger partial charge in [0.15, 0.2) is 11.1 Å². The van der Waals surface area contributed by atoms with Gasteiger partial charge >= 0.3 is 5.97 Å². The summed E-state index contributed by atoms with van der Waals surface area (Å²) in [6.45, 7) is 10.5. The van der Waals surface area contributed by atoms with E-state index in [1.807, 2.05) is 19.1 Å². The maximum Gasteiger partial charge on any atom is 0.327 e. The minimum atomic E-state index is -2.31. The van der Waals surface area contributed by atoms with Crippen LogP contribution in [-0.4, -0.2) is 37.5 Å². The first kappa shape index (κ1) is 25.8. The van der Waals surface area contributed by atoms with Gasteiger partial charge in [0.1, 0.15) is 6.04 Å². The van der Waals surface area contributed by atoms with Gasteiger partial charge in [-0.2, -0.15) is 0 Å². The molecule has 2 atom stereocenters. The van der Waals surface area contributed by atoms with Crippen LogP contribution in [0.4, 0.5) is 0 Å². The molecule has 0 radical (unpaired) electrons. The number of nitrogens with one attached hydrogen (secondary N) is 1. The van der Waals surface area contributed by atoms with Crippen LogP contribution in [0.15, 0.2) is 58.7 Å². The summed E-state index contributed by atoms with van der Waals surface area (Å²) in [5.74, 6) is -2.55. The number of carboxylic acid groups (broad SMARTS) is 1. The Bertz CT molecular complexity index is 831. The third-order valence-electron chi connectivity index (χ3n) is 5.06. The van der Waals surface area contributed by atoms with Crippen LogP contribution >= 0.6 is 0 Å². The van der Waals surface area contributed by atoms with Crippen molar-refractivity contribution in [3.8, 4) is 0 Å². The highest BCUT2D eigenvalue weighted by Crippen LogP contribution is 2.40. The predicted octanol–water partition coefficient (Wildman–Crippen LogP) is 4.31. The maximum absolute atomic E-state index is 11.9. The summed E-state index contributed by atoms with van der Waals surface area (Å²) in [5, 5.41) is 11.2.